The first kappa shape index (κ1) is 16.9. The van der Waals surface area contributed by atoms with Crippen molar-refractivity contribution in [3.05, 3.63) is 59.7 Å². The minimum atomic E-state index is 0.000126. The zero-order valence-corrected chi connectivity index (χ0v) is 13.9. The van der Waals surface area contributed by atoms with Gasteiger partial charge < -0.3 is 14.4 Å². The molecule has 0 aliphatic rings. The van der Waals surface area contributed by atoms with Crippen LogP contribution in [0.2, 0.25) is 0 Å². The lowest BCUT2D eigenvalue weighted by atomic mass is 10.1. The van der Waals surface area contributed by atoms with Gasteiger partial charge in [0.15, 0.2) is 0 Å². The van der Waals surface area contributed by atoms with E-state index in [4.69, 9.17) is 9.47 Å². The molecule has 0 spiro atoms. The molecule has 0 aliphatic heterocycles. The Morgan fingerprint density at radius 1 is 0.913 bits per heavy atom. The lowest BCUT2D eigenvalue weighted by Gasteiger charge is -2.11. The van der Waals surface area contributed by atoms with Crippen LogP contribution in [0.15, 0.2) is 48.5 Å². The molecule has 0 aromatic heterocycles. The van der Waals surface area contributed by atoms with Crippen LogP contribution in [0.25, 0.3) is 0 Å². The van der Waals surface area contributed by atoms with Crippen molar-refractivity contribution in [1.82, 2.24) is 4.90 Å². The molecule has 1 amide bonds. The van der Waals surface area contributed by atoms with Crippen LogP contribution in [0.5, 0.6) is 11.5 Å². The van der Waals surface area contributed by atoms with Gasteiger partial charge in [-0.2, -0.15) is 0 Å². The van der Waals surface area contributed by atoms with E-state index in [-0.39, 0.29) is 5.91 Å². The molecule has 0 atom stereocenters. The summed E-state index contributed by atoms with van der Waals surface area (Å²) in [5, 5.41) is 0. The first-order valence-electron chi connectivity index (χ1n) is 7.76. The number of amides is 1. The van der Waals surface area contributed by atoms with Gasteiger partial charge in [0.25, 0.3) is 5.91 Å². The molecule has 0 unspecified atom stereocenters. The molecule has 0 bridgehead atoms. The highest BCUT2D eigenvalue weighted by atomic mass is 16.5. The van der Waals surface area contributed by atoms with Crippen LogP contribution in [0.4, 0.5) is 0 Å². The predicted octanol–water partition coefficient (Wildman–Crippen LogP) is 3.76. The number of hydrogen-bond donors (Lipinski definition) is 0. The highest BCUT2D eigenvalue weighted by molar-refractivity contribution is 5.93. The van der Waals surface area contributed by atoms with Gasteiger partial charge in [0.2, 0.25) is 0 Å². The molecule has 0 fully saturated rings. The first-order valence-corrected chi connectivity index (χ1v) is 7.76. The Morgan fingerprint density at radius 2 is 1.48 bits per heavy atom. The summed E-state index contributed by atoms with van der Waals surface area (Å²) in [5.74, 6) is 1.65. The van der Waals surface area contributed by atoms with E-state index in [9.17, 15) is 4.79 Å². The second-order valence-electron chi connectivity index (χ2n) is 5.51. The van der Waals surface area contributed by atoms with E-state index >= 15 is 0 Å². The Bertz CT molecular complexity index is 618. The zero-order chi connectivity index (χ0) is 16.7. The van der Waals surface area contributed by atoms with Gasteiger partial charge in [-0.3, -0.25) is 4.79 Å². The average Bonchev–Trinajstić information content (AvgIpc) is 2.58. The fraction of sp³-hybridized carbons (Fsp3) is 0.316. The van der Waals surface area contributed by atoms with Crippen LogP contribution >= 0.6 is 0 Å². The summed E-state index contributed by atoms with van der Waals surface area (Å²) in [6, 6.07) is 15.1. The van der Waals surface area contributed by atoms with Crippen LogP contribution in [0.3, 0.4) is 0 Å². The van der Waals surface area contributed by atoms with Crippen LogP contribution in [-0.4, -0.2) is 31.5 Å². The minimum Gasteiger partial charge on any atom is -0.494 e. The number of benzene rings is 2. The Labute approximate surface area is 137 Å². The fourth-order valence-electron chi connectivity index (χ4n) is 2.02. The molecule has 23 heavy (non-hydrogen) atoms. The van der Waals surface area contributed by atoms with Crippen LogP contribution in [0, 0.1) is 0 Å². The molecule has 0 saturated heterocycles. The summed E-state index contributed by atoms with van der Waals surface area (Å²) in [6.07, 6.45) is 0.991. The predicted molar refractivity (Wildman–Crippen MR) is 91.0 cm³/mol. The maximum atomic E-state index is 11.8. The SMILES string of the molecule is CCCOc1ccc(OCc2ccc(C(=O)N(C)C)cc2)cc1. The highest BCUT2D eigenvalue weighted by Crippen LogP contribution is 2.19. The van der Waals surface area contributed by atoms with Crippen LogP contribution in [-0.2, 0) is 6.61 Å². The second-order valence-corrected chi connectivity index (χ2v) is 5.51. The summed E-state index contributed by atoms with van der Waals surface area (Å²) in [7, 11) is 3.49. The monoisotopic (exact) mass is 313 g/mol. The van der Waals surface area contributed by atoms with Crippen molar-refractivity contribution < 1.29 is 14.3 Å². The standard InChI is InChI=1S/C19H23NO3/c1-4-13-22-17-9-11-18(12-10-17)23-14-15-5-7-16(8-6-15)19(21)20(2)3/h5-12H,4,13-14H2,1-3H3. The van der Waals surface area contributed by atoms with Gasteiger partial charge in [-0.1, -0.05) is 19.1 Å². The van der Waals surface area contributed by atoms with Crippen molar-refractivity contribution in [3.8, 4) is 11.5 Å². The van der Waals surface area contributed by atoms with Crippen LogP contribution < -0.4 is 9.47 Å². The molecule has 2 rings (SSSR count). The van der Waals surface area contributed by atoms with Crippen molar-refractivity contribution in [2.75, 3.05) is 20.7 Å². The number of ether oxygens (including phenoxy) is 2. The minimum absolute atomic E-state index is 0.000126. The number of nitrogens with zero attached hydrogens (tertiary/aromatic N) is 1. The maximum absolute atomic E-state index is 11.8. The third-order valence-corrected chi connectivity index (χ3v) is 3.31. The van der Waals surface area contributed by atoms with Crippen LogP contribution in [0.1, 0.15) is 29.3 Å². The fourth-order valence-corrected chi connectivity index (χ4v) is 2.02. The first-order chi connectivity index (χ1) is 11.1. The molecule has 0 heterocycles. The van der Waals surface area contributed by atoms with Gasteiger partial charge in [0, 0.05) is 19.7 Å². The normalized spacial score (nSPS) is 10.2. The zero-order valence-electron chi connectivity index (χ0n) is 13.9. The Morgan fingerprint density at radius 3 is 2.00 bits per heavy atom. The second kappa shape index (κ2) is 8.22. The van der Waals surface area contributed by atoms with Crippen molar-refractivity contribution >= 4 is 5.91 Å². The Kier molecular flexibility index (Phi) is 6.03. The van der Waals surface area contributed by atoms with Crippen molar-refractivity contribution in [3.63, 3.8) is 0 Å². The van der Waals surface area contributed by atoms with Crippen molar-refractivity contribution in [2.45, 2.75) is 20.0 Å². The molecule has 122 valence electrons. The van der Waals surface area contributed by atoms with E-state index in [1.807, 2.05) is 48.5 Å². The highest BCUT2D eigenvalue weighted by Gasteiger charge is 2.07. The molecular formula is C19H23NO3. The molecule has 2 aromatic rings. The third kappa shape index (κ3) is 5.02. The molecule has 0 radical (unpaired) electrons. The van der Waals surface area contributed by atoms with Gasteiger partial charge in [-0.15, -0.1) is 0 Å². The van der Waals surface area contributed by atoms with E-state index in [0.717, 1.165) is 30.1 Å². The van der Waals surface area contributed by atoms with E-state index in [0.29, 0.717) is 12.2 Å². The third-order valence-electron chi connectivity index (χ3n) is 3.31. The van der Waals surface area contributed by atoms with E-state index in [2.05, 4.69) is 6.92 Å². The van der Waals surface area contributed by atoms with E-state index < -0.39 is 0 Å². The summed E-state index contributed by atoms with van der Waals surface area (Å²) in [4.78, 5) is 13.4. The topological polar surface area (TPSA) is 38.8 Å². The van der Waals surface area contributed by atoms with Gasteiger partial charge in [0.1, 0.15) is 18.1 Å². The molecule has 0 N–H and O–H groups in total. The number of rotatable bonds is 7. The summed E-state index contributed by atoms with van der Waals surface area (Å²) >= 11 is 0. The number of hydrogen-bond acceptors (Lipinski definition) is 3. The van der Waals surface area contributed by atoms with Crippen molar-refractivity contribution in [1.29, 1.82) is 0 Å². The number of carbonyl (C=O) groups is 1. The Hall–Kier alpha value is -2.49. The lowest BCUT2D eigenvalue weighted by Crippen LogP contribution is -2.21. The molecule has 4 heteroatoms. The maximum Gasteiger partial charge on any atom is 0.253 e. The van der Waals surface area contributed by atoms with Gasteiger partial charge in [-0.25, -0.2) is 0 Å². The van der Waals surface area contributed by atoms with Gasteiger partial charge >= 0.3 is 0 Å². The summed E-state index contributed by atoms with van der Waals surface area (Å²) in [5.41, 5.74) is 1.70. The molecule has 0 aliphatic carbocycles. The van der Waals surface area contributed by atoms with Crippen molar-refractivity contribution in [2.24, 2.45) is 0 Å². The average molecular weight is 313 g/mol. The number of carbonyl (C=O) groups excluding carboxylic acids is 1. The Balaban J connectivity index is 1.89. The summed E-state index contributed by atoms with van der Waals surface area (Å²) < 4.78 is 11.3. The molecule has 4 nitrogen and oxygen atoms in total. The quantitative estimate of drug-likeness (QED) is 0.781. The molecular weight excluding hydrogens is 290 g/mol. The van der Waals surface area contributed by atoms with Gasteiger partial charge in [0.05, 0.1) is 6.61 Å². The summed E-state index contributed by atoms with van der Waals surface area (Å²) in [6.45, 7) is 3.26. The molecule has 2 aromatic carbocycles. The smallest absolute Gasteiger partial charge is 0.253 e. The van der Waals surface area contributed by atoms with Gasteiger partial charge in [-0.05, 0) is 48.4 Å². The lowest BCUT2D eigenvalue weighted by molar-refractivity contribution is 0.0827. The largest absolute Gasteiger partial charge is 0.494 e. The molecule has 0 saturated carbocycles. The van der Waals surface area contributed by atoms with E-state index in [1.54, 1.807) is 19.0 Å². The van der Waals surface area contributed by atoms with E-state index in [1.165, 1.54) is 0 Å².